The van der Waals surface area contributed by atoms with Gasteiger partial charge in [0.1, 0.15) is 17.6 Å². The lowest BCUT2D eigenvalue weighted by Crippen LogP contribution is -2.42. The summed E-state index contributed by atoms with van der Waals surface area (Å²) in [6.07, 6.45) is 3.88. The first kappa shape index (κ1) is 22.9. The molecule has 3 heterocycles. The molecule has 1 aromatic carbocycles. The zero-order valence-corrected chi connectivity index (χ0v) is 19.9. The topological polar surface area (TPSA) is 109 Å². The van der Waals surface area contributed by atoms with Crippen LogP contribution in [-0.4, -0.2) is 46.5 Å². The zero-order valence-electron chi connectivity index (χ0n) is 19.1. The lowest BCUT2D eigenvalue weighted by atomic mass is 9.98. The summed E-state index contributed by atoms with van der Waals surface area (Å²) in [6, 6.07) is 5.89. The standard InChI is InChI=1S/C23H28N6O3S/c1-4-15-8-5-7-14(2)18(15)26-17(30)12-29-13-25-20-19(22(29)32)33-23(27-20)28-10-6-9-16(11-28)21(31)24-3/h5,7-8,13,16H,4,6,9-12H2,1-3H3,(H,24,31)(H,26,30)/t16-/m0/s1. The van der Waals surface area contributed by atoms with Gasteiger partial charge >= 0.3 is 0 Å². The minimum atomic E-state index is -0.292. The molecule has 1 fully saturated rings. The summed E-state index contributed by atoms with van der Waals surface area (Å²) in [5.74, 6) is -0.359. The molecular formula is C23H28N6O3S. The molecule has 174 valence electrons. The molecule has 3 aromatic rings. The van der Waals surface area contributed by atoms with Crippen LogP contribution < -0.4 is 21.1 Å². The summed E-state index contributed by atoms with van der Waals surface area (Å²) in [4.78, 5) is 48.7. The fraction of sp³-hybridized carbons (Fsp3) is 0.435. The van der Waals surface area contributed by atoms with Crippen LogP contribution >= 0.6 is 11.3 Å². The normalized spacial score (nSPS) is 16.1. The molecule has 33 heavy (non-hydrogen) atoms. The van der Waals surface area contributed by atoms with Crippen molar-refractivity contribution < 1.29 is 9.59 Å². The number of hydrogen-bond acceptors (Lipinski definition) is 7. The highest BCUT2D eigenvalue weighted by Gasteiger charge is 2.27. The Morgan fingerprint density at radius 3 is 2.88 bits per heavy atom. The molecule has 0 bridgehead atoms. The Morgan fingerprint density at radius 2 is 2.12 bits per heavy atom. The molecule has 2 amide bonds. The highest BCUT2D eigenvalue weighted by molar-refractivity contribution is 7.22. The first-order chi connectivity index (χ1) is 15.9. The fourth-order valence-corrected chi connectivity index (χ4v) is 5.19. The monoisotopic (exact) mass is 468 g/mol. The van der Waals surface area contributed by atoms with Crippen LogP contribution in [0.5, 0.6) is 0 Å². The Balaban J connectivity index is 1.54. The van der Waals surface area contributed by atoms with Crippen LogP contribution in [0.15, 0.2) is 29.3 Å². The van der Waals surface area contributed by atoms with Crippen LogP contribution in [0.2, 0.25) is 0 Å². The highest BCUT2D eigenvalue weighted by Crippen LogP contribution is 2.29. The summed E-state index contributed by atoms with van der Waals surface area (Å²) < 4.78 is 1.72. The quantitative estimate of drug-likeness (QED) is 0.575. The van der Waals surface area contributed by atoms with Crippen molar-refractivity contribution in [2.24, 2.45) is 5.92 Å². The third-order valence-electron chi connectivity index (χ3n) is 6.00. The largest absolute Gasteiger partial charge is 0.359 e. The van der Waals surface area contributed by atoms with E-state index in [1.165, 1.54) is 22.2 Å². The molecule has 1 atom stereocenters. The molecule has 2 aromatic heterocycles. The average Bonchev–Trinajstić information content (AvgIpc) is 3.27. The third-order valence-corrected chi connectivity index (χ3v) is 7.09. The van der Waals surface area contributed by atoms with Crippen molar-refractivity contribution in [3.63, 3.8) is 0 Å². The summed E-state index contributed by atoms with van der Waals surface area (Å²) in [6.45, 7) is 5.19. The minimum absolute atomic E-state index is 0.0205. The van der Waals surface area contributed by atoms with Crippen LogP contribution in [-0.2, 0) is 22.6 Å². The van der Waals surface area contributed by atoms with Crippen LogP contribution in [0.4, 0.5) is 10.8 Å². The SMILES string of the molecule is CCc1cccc(C)c1NC(=O)Cn1cnc2nc(N3CCC[C@H](C(=O)NC)C3)sc2c1=O. The summed E-state index contributed by atoms with van der Waals surface area (Å²) >= 11 is 1.26. The second kappa shape index (κ2) is 9.70. The van der Waals surface area contributed by atoms with Gasteiger partial charge < -0.3 is 15.5 Å². The summed E-state index contributed by atoms with van der Waals surface area (Å²) in [5.41, 5.74) is 2.90. The van der Waals surface area contributed by atoms with Gasteiger partial charge in [-0.25, -0.2) is 4.98 Å². The number of hydrogen-bond donors (Lipinski definition) is 2. The number of carbonyl (C=O) groups excluding carboxylic acids is 2. The molecule has 9 nitrogen and oxygen atoms in total. The number of benzene rings is 1. The van der Waals surface area contributed by atoms with Gasteiger partial charge in [-0.2, -0.15) is 4.98 Å². The van der Waals surface area contributed by atoms with E-state index in [1.807, 2.05) is 36.9 Å². The third kappa shape index (κ3) is 4.75. The van der Waals surface area contributed by atoms with Crippen LogP contribution in [0.1, 0.15) is 30.9 Å². The Morgan fingerprint density at radius 1 is 1.30 bits per heavy atom. The fourth-order valence-electron chi connectivity index (χ4n) is 4.19. The van der Waals surface area contributed by atoms with Gasteiger partial charge in [-0.15, -0.1) is 0 Å². The predicted octanol–water partition coefficient (Wildman–Crippen LogP) is 2.32. The molecule has 1 aliphatic rings. The molecule has 0 spiro atoms. The number of thiazole rings is 1. The number of anilines is 2. The molecule has 4 rings (SSSR count). The molecule has 10 heteroatoms. The number of carbonyl (C=O) groups is 2. The number of fused-ring (bicyclic) bond motifs is 1. The summed E-state index contributed by atoms with van der Waals surface area (Å²) in [7, 11) is 1.64. The van der Waals surface area contributed by atoms with Crippen molar-refractivity contribution in [1.29, 1.82) is 0 Å². The van der Waals surface area contributed by atoms with Gasteiger partial charge in [0.25, 0.3) is 5.56 Å². The van der Waals surface area contributed by atoms with E-state index < -0.39 is 0 Å². The van der Waals surface area contributed by atoms with Crippen molar-refractivity contribution >= 4 is 44.3 Å². The number of aromatic nitrogens is 3. The molecule has 2 N–H and O–H groups in total. The van der Waals surface area contributed by atoms with Gasteiger partial charge in [0.2, 0.25) is 11.8 Å². The van der Waals surface area contributed by atoms with Gasteiger partial charge in [0.05, 0.1) is 5.92 Å². The Labute approximate surface area is 195 Å². The van der Waals surface area contributed by atoms with Crippen molar-refractivity contribution in [2.75, 3.05) is 30.4 Å². The molecule has 1 saturated heterocycles. The molecule has 1 aliphatic heterocycles. The van der Waals surface area contributed by atoms with E-state index in [1.54, 1.807) is 7.05 Å². The van der Waals surface area contributed by atoms with E-state index in [-0.39, 0.29) is 29.8 Å². The number of nitrogens with one attached hydrogen (secondary N) is 2. The van der Waals surface area contributed by atoms with Gasteiger partial charge in [-0.1, -0.05) is 36.5 Å². The van der Waals surface area contributed by atoms with Crippen molar-refractivity contribution in [3.8, 4) is 0 Å². The number of amides is 2. The highest BCUT2D eigenvalue weighted by atomic mass is 32.1. The Kier molecular flexibility index (Phi) is 6.73. The second-order valence-corrected chi connectivity index (χ2v) is 9.21. The van der Waals surface area contributed by atoms with Crippen LogP contribution in [0, 0.1) is 12.8 Å². The molecule has 0 aliphatic carbocycles. The molecule has 0 radical (unpaired) electrons. The van der Waals surface area contributed by atoms with Gasteiger partial charge in [-0.3, -0.25) is 19.0 Å². The number of aryl methyl sites for hydroxylation is 2. The Bertz CT molecular complexity index is 1250. The maximum absolute atomic E-state index is 13.1. The van der Waals surface area contributed by atoms with Crippen molar-refractivity contribution in [2.45, 2.75) is 39.7 Å². The van der Waals surface area contributed by atoms with Gasteiger partial charge in [0.15, 0.2) is 10.8 Å². The van der Waals surface area contributed by atoms with Crippen LogP contribution in [0.3, 0.4) is 0 Å². The van der Waals surface area contributed by atoms with Gasteiger partial charge in [0, 0.05) is 25.8 Å². The van der Waals surface area contributed by atoms with E-state index in [2.05, 4.69) is 20.6 Å². The van der Waals surface area contributed by atoms with Gasteiger partial charge in [-0.05, 0) is 37.3 Å². The molecular weight excluding hydrogens is 440 g/mol. The summed E-state index contributed by atoms with van der Waals surface area (Å²) in [5, 5.41) is 6.33. The minimum Gasteiger partial charge on any atom is -0.359 e. The molecule has 0 unspecified atom stereocenters. The average molecular weight is 469 g/mol. The lowest BCUT2D eigenvalue weighted by molar-refractivity contribution is -0.124. The van der Waals surface area contributed by atoms with E-state index in [4.69, 9.17) is 0 Å². The lowest BCUT2D eigenvalue weighted by Gasteiger charge is -2.31. The van der Waals surface area contributed by atoms with Crippen LogP contribution in [0.25, 0.3) is 10.3 Å². The zero-order chi connectivity index (χ0) is 23.5. The van der Waals surface area contributed by atoms with E-state index in [9.17, 15) is 14.4 Å². The van der Waals surface area contributed by atoms with Crippen molar-refractivity contribution in [1.82, 2.24) is 19.9 Å². The number of para-hydroxylation sites is 1. The van der Waals surface area contributed by atoms with Crippen molar-refractivity contribution in [3.05, 3.63) is 46.0 Å². The first-order valence-electron chi connectivity index (χ1n) is 11.1. The predicted molar refractivity (Wildman–Crippen MR) is 130 cm³/mol. The second-order valence-electron chi connectivity index (χ2n) is 8.24. The number of rotatable bonds is 6. The Hall–Kier alpha value is -3.27. The number of nitrogens with zero attached hydrogens (tertiary/aromatic N) is 4. The van der Waals surface area contributed by atoms with E-state index in [0.29, 0.717) is 22.0 Å². The van der Waals surface area contributed by atoms with E-state index in [0.717, 1.165) is 42.6 Å². The maximum Gasteiger partial charge on any atom is 0.273 e. The first-order valence-corrected chi connectivity index (χ1v) is 11.9. The molecule has 0 saturated carbocycles. The number of piperidine rings is 1. The maximum atomic E-state index is 13.1. The van der Waals surface area contributed by atoms with E-state index >= 15 is 0 Å². The smallest absolute Gasteiger partial charge is 0.273 e.